The number of allylic oxidation sites excluding steroid dienone is 11. The van der Waals surface area contributed by atoms with Crippen molar-refractivity contribution in [3.8, 4) is 0 Å². The maximum absolute atomic E-state index is 4.42. The normalized spacial score (nSPS) is 15.3. The van der Waals surface area contributed by atoms with E-state index in [2.05, 4.69) is 61.6 Å². The predicted molar refractivity (Wildman–Crippen MR) is 106 cm³/mol. The van der Waals surface area contributed by atoms with Crippen LogP contribution in [0.3, 0.4) is 0 Å². The third kappa shape index (κ3) is 12.1. The summed E-state index contributed by atoms with van der Waals surface area (Å²) < 4.78 is 0. The molecule has 0 saturated heterocycles. The monoisotopic (exact) mass is 310 g/mol. The van der Waals surface area contributed by atoms with Crippen molar-refractivity contribution in [1.82, 2.24) is 5.32 Å². The maximum Gasteiger partial charge on any atom is 0.0578 e. The zero-order valence-corrected chi connectivity index (χ0v) is 14.9. The van der Waals surface area contributed by atoms with E-state index >= 15 is 0 Å². The number of aliphatic imine (C=N–C) groups is 1. The fourth-order valence-corrected chi connectivity index (χ4v) is 1.66. The molecule has 0 radical (unpaired) electrons. The Bertz CT molecular complexity index is 540. The highest BCUT2D eigenvalue weighted by Gasteiger charge is 1.97. The second kappa shape index (κ2) is 13.5. The molecule has 1 atom stereocenters. The Labute approximate surface area is 142 Å². The minimum atomic E-state index is 0.190. The van der Waals surface area contributed by atoms with Gasteiger partial charge in [-0.25, -0.2) is 0 Å². The molecule has 0 fully saturated rings. The van der Waals surface area contributed by atoms with Gasteiger partial charge in [0.2, 0.25) is 0 Å². The molecule has 0 heterocycles. The molecule has 23 heavy (non-hydrogen) atoms. The van der Waals surface area contributed by atoms with Crippen LogP contribution in [0.15, 0.2) is 89.6 Å². The average molecular weight is 310 g/mol. The molecular weight excluding hydrogens is 280 g/mol. The third-order valence-electron chi connectivity index (χ3n) is 3.12. The predicted octanol–water partition coefficient (Wildman–Crippen LogP) is 4.97. The molecule has 0 aliphatic rings. The van der Waals surface area contributed by atoms with Gasteiger partial charge in [0.15, 0.2) is 0 Å². The van der Waals surface area contributed by atoms with Crippen molar-refractivity contribution in [3.05, 3.63) is 84.6 Å². The van der Waals surface area contributed by atoms with E-state index < -0.39 is 0 Å². The molecule has 0 aromatic heterocycles. The van der Waals surface area contributed by atoms with E-state index in [9.17, 15) is 0 Å². The quantitative estimate of drug-likeness (QED) is 0.447. The topological polar surface area (TPSA) is 24.4 Å². The summed E-state index contributed by atoms with van der Waals surface area (Å²) in [5.74, 6) is 0. The molecule has 0 aliphatic heterocycles. The highest BCUT2D eigenvalue weighted by Crippen LogP contribution is 2.02. The van der Waals surface area contributed by atoms with Gasteiger partial charge in [-0.1, -0.05) is 72.9 Å². The van der Waals surface area contributed by atoms with E-state index in [1.54, 1.807) is 6.08 Å². The van der Waals surface area contributed by atoms with Gasteiger partial charge in [0.05, 0.1) is 6.54 Å². The standard InChI is InChI=1S/C21H30N2/c1-7-9-11-19(4)13-14-21(22-6)17-23-15-10-12-20(5)16-18(3)8-2/h7-16,21-22H,1,4,17H2,2-3,5-6H3/b11-9-,12-10-,14-13-,18-8+,20-16-,23-15+. The lowest BCUT2D eigenvalue weighted by Crippen LogP contribution is -2.25. The molecule has 0 saturated carbocycles. The van der Waals surface area contributed by atoms with Gasteiger partial charge in [0.25, 0.3) is 0 Å². The molecular formula is C21H30N2. The first-order valence-electron chi connectivity index (χ1n) is 7.84. The van der Waals surface area contributed by atoms with E-state index in [-0.39, 0.29) is 6.04 Å². The SMILES string of the molecule is C=C/C=C\C(=C)/C=C\C(C/N=C/C=C\C(C)=C/C(C)=C/C)NC. The van der Waals surface area contributed by atoms with E-state index in [1.807, 2.05) is 44.5 Å². The summed E-state index contributed by atoms with van der Waals surface area (Å²) in [5.41, 5.74) is 3.41. The van der Waals surface area contributed by atoms with Gasteiger partial charge in [0, 0.05) is 12.3 Å². The Morgan fingerprint density at radius 3 is 2.48 bits per heavy atom. The third-order valence-corrected chi connectivity index (χ3v) is 3.12. The first-order valence-corrected chi connectivity index (χ1v) is 7.84. The molecule has 2 heteroatoms. The van der Waals surface area contributed by atoms with Gasteiger partial charge in [-0.05, 0) is 39.5 Å². The summed E-state index contributed by atoms with van der Waals surface area (Å²) >= 11 is 0. The lowest BCUT2D eigenvalue weighted by atomic mass is 10.2. The molecule has 0 aliphatic carbocycles. The summed E-state index contributed by atoms with van der Waals surface area (Å²) in [7, 11) is 1.93. The molecule has 0 rings (SSSR count). The van der Waals surface area contributed by atoms with Crippen LogP contribution in [0.2, 0.25) is 0 Å². The number of hydrogen-bond acceptors (Lipinski definition) is 2. The smallest absolute Gasteiger partial charge is 0.0578 e. The van der Waals surface area contributed by atoms with E-state index in [0.717, 1.165) is 5.57 Å². The van der Waals surface area contributed by atoms with Gasteiger partial charge >= 0.3 is 0 Å². The number of hydrogen-bond donors (Lipinski definition) is 1. The number of nitrogens with zero attached hydrogens (tertiary/aromatic N) is 1. The summed E-state index contributed by atoms with van der Waals surface area (Å²) in [6, 6.07) is 0.190. The zero-order chi connectivity index (χ0) is 17.5. The highest BCUT2D eigenvalue weighted by atomic mass is 14.9. The van der Waals surface area contributed by atoms with Crippen LogP contribution in [0.1, 0.15) is 20.8 Å². The van der Waals surface area contributed by atoms with Crippen molar-refractivity contribution < 1.29 is 0 Å². The van der Waals surface area contributed by atoms with E-state index in [4.69, 9.17) is 0 Å². The minimum absolute atomic E-state index is 0.190. The molecule has 0 bridgehead atoms. The lowest BCUT2D eigenvalue weighted by Gasteiger charge is -2.07. The van der Waals surface area contributed by atoms with Crippen molar-refractivity contribution >= 4 is 6.21 Å². The van der Waals surface area contributed by atoms with Gasteiger partial charge < -0.3 is 5.32 Å². The van der Waals surface area contributed by atoms with Crippen LogP contribution in [-0.2, 0) is 0 Å². The van der Waals surface area contributed by atoms with Gasteiger partial charge in [-0.2, -0.15) is 0 Å². The van der Waals surface area contributed by atoms with Crippen LogP contribution < -0.4 is 5.32 Å². The maximum atomic E-state index is 4.42. The highest BCUT2D eigenvalue weighted by molar-refractivity contribution is 5.71. The van der Waals surface area contributed by atoms with Crippen LogP contribution in [-0.4, -0.2) is 25.8 Å². The Kier molecular flexibility index (Phi) is 12.2. The fourth-order valence-electron chi connectivity index (χ4n) is 1.66. The Morgan fingerprint density at radius 2 is 1.87 bits per heavy atom. The number of rotatable bonds is 10. The van der Waals surface area contributed by atoms with Crippen molar-refractivity contribution in [2.75, 3.05) is 13.6 Å². The zero-order valence-electron chi connectivity index (χ0n) is 14.9. The van der Waals surface area contributed by atoms with Crippen LogP contribution in [0.25, 0.3) is 0 Å². The fraction of sp³-hybridized carbons (Fsp3) is 0.286. The summed E-state index contributed by atoms with van der Waals surface area (Å²) in [4.78, 5) is 4.42. The molecule has 2 nitrogen and oxygen atoms in total. The van der Waals surface area contributed by atoms with Crippen LogP contribution in [0, 0.1) is 0 Å². The molecule has 1 unspecified atom stereocenters. The Hall–Kier alpha value is -2.19. The molecule has 0 aromatic rings. The first kappa shape index (κ1) is 20.8. The summed E-state index contributed by atoms with van der Waals surface area (Å²) in [5, 5.41) is 3.22. The number of nitrogens with one attached hydrogen (secondary N) is 1. The second-order valence-electron chi connectivity index (χ2n) is 5.22. The summed E-state index contributed by atoms with van der Waals surface area (Å²) in [6.07, 6.45) is 19.7. The van der Waals surface area contributed by atoms with Gasteiger partial charge in [0.1, 0.15) is 0 Å². The average Bonchev–Trinajstić information content (AvgIpc) is 2.55. The van der Waals surface area contributed by atoms with Crippen molar-refractivity contribution in [2.45, 2.75) is 26.8 Å². The van der Waals surface area contributed by atoms with Gasteiger partial charge in [-0.15, -0.1) is 0 Å². The Morgan fingerprint density at radius 1 is 1.13 bits per heavy atom. The van der Waals surface area contributed by atoms with Crippen LogP contribution in [0.5, 0.6) is 0 Å². The summed E-state index contributed by atoms with van der Waals surface area (Å²) in [6.45, 7) is 14.5. The Balaban J connectivity index is 4.43. The van der Waals surface area contributed by atoms with Gasteiger partial charge in [-0.3, -0.25) is 4.99 Å². The second-order valence-corrected chi connectivity index (χ2v) is 5.22. The molecule has 0 amide bonds. The van der Waals surface area contributed by atoms with Crippen molar-refractivity contribution in [1.29, 1.82) is 0 Å². The molecule has 1 N–H and O–H groups in total. The van der Waals surface area contributed by atoms with Crippen LogP contribution >= 0.6 is 0 Å². The minimum Gasteiger partial charge on any atom is -0.312 e. The van der Waals surface area contributed by atoms with Crippen molar-refractivity contribution in [2.24, 2.45) is 4.99 Å². The molecule has 124 valence electrons. The van der Waals surface area contributed by atoms with E-state index in [1.165, 1.54) is 11.1 Å². The largest absolute Gasteiger partial charge is 0.312 e. The van der Waals surface area contributed by atoms with Crippen LogP contribution in [0.4, 0.5) is 0 Å². The van der Waals surface area contributed by atoms with Crippen molar-refractivity contribution in [3.63, 3.8) is 0 Å². The lowest BCUT2D eigenvalue weighted by molar-refractivity contribution is 0.679. The first-order chi connectivity index (χ1) is 11.0. The number of likely N-dealkylation sites (N-methyl/N-ethyl adjacent to an activating group) is 1. The van der Waals surface area contributed by atoms with E-state index in [0.29, 0.717) is 6.54 Å². The molecule has 0 spiro atoms. The molecule has 0 aromatic carbocycles.